The number of nitrogens with one attached hydrogen (secondary N) is 6. The standard InChI is InChI=1S/C31H49N9O6.ClH/c1-5-27(43)46-20-12-10-8-6-7-9-11-17-40(4,18-13-15-32-30(44)38-28-34-23(2)21-25(41)36-28)19-14-16-33-31(45)39-29-35-24(3)22-26(42)37-29;/h5,21-22H,1,6-20H2,2-4H3,(H5-,32,33,34,35,36,37,38,39,41,42,44,45);1H. The molecule has 0 atom stereocenters. The maximum absolute atomic E-state index is 12.3. The highest BCUT2D eigenvalue weighted by molar-refractivity contribution is 5.87. The number of amides is 4. The highest BCUT2D eigenvalue weighted by Crippen LogP contribution is 2.13. The zero-order chi connectivity index (χ0) is 33.8. The Bertz CT molecular complexity index is 1320. The zero-order valence-corrected chi connectivity index (χ0v) is 28.5. The molecular weight excluding hydrogens is 630 g/mol. The van der Waals surface area contributed by atoms with Crippen LogP contribution in [0.1, 0.15) is 69.2 Å². The van der Waals surface area contributed by atoms with Crippen LogP contribution in [0, 0.1) is 13.8 Å². The number of aromatic amines is 2. The number of hydrogen-bond acceptors (Lipinski definition) is 8. The predicted octanol–water partition coefficient (Wildman–Crippen LogP) is 0.104. The van der Waals surface area contributed by atoms with Crippen LogP contribution in [0.3, 0.4) is 0 Å². The second-order valence-electron chi connectivity index (χ2n) is 11.6. The average molecular weight is 680 g/mol. The molecule has 47 heavy (non-hydrogen) atoms. The van der Waals surface area contributed by atoms with E-state index in [1.54, 1.807) is 13.8 Å². The van der Waals surface area contributed by atoms with Gasteiger partial charge >= 0.3 is 18.0 Å². The molecule has 0 fully saturated rings. The molecule has 4 amide bonds. The summed E-state index contributed by atoms with van der Waals surface area (Å²) in [6.45, 7) is 10.7. The van der Waals surface area contributed by atoms with E-state index < -0.39 is 23.2 Å². The Morgan fingerprint density at radius 3 is 1.64 bits per heavy atom. The van der Waals surface area contributed by atoms with Crippen LogP contribution in [0.2, 0.25) is 0 Å². The number of rotatable bonds is 21. The molecule has 2 aromatic rings. The van der Waals surface area contributed by atoms with Crippen LogP contribution in [0.15, 0.2) is 34.4 Å². The molecule has 0 unspecified atom stereocenters. The van der Waals surface area contributed by atoms with E-state index >= 15 is 0 Å². The summed E-state index contributed by atoms with van der Waals surface area (Å²) in [5.41, 5.74) is 0.340. The molecule has 0 bridgehead atoms. The number of aryl methyl sites for hydroxylation is 2. The van der Waals surface area contributed by atoms with Gasteiger partial charge in [-0.3, -0.25) is 20.2 Å². The number of hydrogen-bond donors (Lipinski definition) is 6. The van der Waals surface area contributed by atoms with Crippen LogP contribution in [0.4, 0.5) is 21.5 Å². The zero-order valence-electron chi connectivity index (χ0n) is 27.7. The summed E-state index contributed by atoms with van der Waals surface area (Å²) in [5.74, 6) is -0.186. The van der Waals surface area contributed by atoms with Gasteiger partial charge in [0.25, 0.3) is 11.1 Å². The number of nitrogens with zero attached hydrogens (tertiary/aromatic N) is 3. The first-order valence-electron chi connectivity index (χ1n) is 15.9. The third-order valence-corrected chi connectivity index (χ3v) is 7.29. The van der Waals surface area contributed by atoms with Gasteiger partial charge in [-0.05, 0) is 33.1 Å². The van der Waals surface area contributed by atoms with Crippen LogP contribution in [-0.2, 0) is 9.53 Å². The van der Waals surface area contributed by atoms with E-state index in [1.165, 1.54) is 18.2 Å². The monoisotopic (exact) mass is 679 g/mol. The molecule has 0 spiro atoms. The Morgan fingerprint density at radius 1 is 0.766 bits per heavy atom. The van der Waals surface area contributed by atoms with Crippen molar-refractivity contribution in [3.8, 4) is 0 Å². The van der Waals surface area contributed by atoms with Crippen LogP contribution < -0.4 is 44.8 Å². The number of aromatic nitrogens is 4. The Hall–Kier alpha value is -4.24. The van der Waals surface area contributed by atoms with Crippen molar-refractivity contribution in [3.05, 3.63) is 56.9 Å². The molecule has 16 heteroatoms. The molecule has 0 saturated heterocycles. The fraction of sp³-hybridized carbons (Fsp3) is 0.581. The number of ether oxygens (including phenoxy) is 1. The number of H-pyrrole nitrogens is 2. The predicted molar refractivity (Wildman–Crippen MR) is 177 cm³/mol. The lowest BCUT2D eigenvalue weighted by Crippen LogP contribution is -3.00. The molecule has 0 aliphatic carbocycles. The lowest BCUT2D eigenvalue weighted by Gasteiger charge is -2.35. The van der Waals surface area contributed by atoms with Gasteiger partial charge in [-0.1, -0.05) is 32.3 Å². The van der Waals surface area contributed by atoms with E-state index in [2.05, 4.69) is 54.8 Å². The van der Waals surface area contributed by atoms with Crippen LogP contribution in [0.5, 0.6) is 0 Å². The van der Waals surface area contributed by atoms with E-state index in [1.807, 2.05) is 0 Å². The smallest absolute Gasteiger partial charge is 0.330 e. The molecule has 2 rings (SSSR count). The first kappa shape index (κ1) is 40.8. The molecule has 0 saturated carbocycles. The molecular formula is C31H50ClN9O6. The number of esters is 1. The van der Waals surface area contributed by atoms with E-state index in [4.69, 9.17) is 4.74 Å². The summed E-state index contributed by atoms with van der Waals surface area (Å²) in [7, 11) is 2.19. The third-order valence-electron chi connectivity index (χ3n) is 7.29. The van der Waals surface area contributed by atoms with Gasteiger partial charge in [0.15, 0.2) is 0 Å². The molecule has 0 radical (unpaired) electrons. The van der Waals surface area contributed by atoms with Gasteiger partial charge < -0.3 is 42.2 Å². The number of urea groups is 2. The van der Waals surface area contributed by atoms with Gasteiger partial charge in [-0.15, -0.1) is 0 Å². The minimum absolute atomic E-state index is 0. The van der Waals surface area contributed by atoms with Crippen LogP contribution in [0.25, 0.3) is 0 Å². The summed E-state index contributed by atoms with van der Waals surface area (Å²) in [4.78, 5) is 72.1. The van der Waals surface area contributed by atoms with E-state index in [0.29, 0.717) is 31.1 Å². The van der Waals surface area contributed by atoms with Crippen molar-refractivity contribution < 1.29 is 36.0 Å². The van der Waals surface area contributed by atoms with E-state index in [9.17, 15) is 24.0 Å². The number of halogens is 1. The van der Waals surface area contributed by atoms with Crippen LogP contribution >= 0.6 is 0 Å². The summed E-state index contributed by atoms with van der Waals surface area (Å²) in [6, 6.07) is 1.81. The Balaban J connectivity index is 0.0000110. The minimum Gasteiger partial charge on any atom is -1.00 e. The van der Waals surface area contributed by atoms with Crippen molar-refractivity contribution in [1.29, 1.82) is 0 Å². The number of quaternary nitrogens is 1. The van der Waals surface area contributed by atoms with Crippen LogP contribution in [-0.4, -0.2) is 88.8 Å². The highest BCUT2D eigenvalue weighted by atomic mass is 35.5. The molecule has 0 aliphatic rings. The quantitative estimate of drug-likeness (QED) is 0.0462. The summed E-state index contributed by atoms with van der Waals surface area (Å²) >= 11 is 0. The second kappa shape index (κ2) is 22.3. The van der Waals surface area contributed by atoms with E-state index in [-0.39, 0.29) is 30.3 Å². The minimum atomic E-state index is -0.443. The molecule has 2 aromatic heterocycles. The van der Waals surface area contributed by atoms with Crippen molar-refractivity contribution in [2.45, 2.75) is 71.6 Å². The van der Waals surface area contributed by atoms with Crippen molar-refractivity contribution >= 4 is 29.9 Å². The number of carbonyl (C=O) groups is 3. The molecule has 0 aromatic carbocycles. The normalized spacial score (nSPS) is 10.8. The van der Waals surface area contributed by atoms with Gasteiger partial charge in [0, 0.05) is 55.5 Å². The molecule has 6 N–H and O–H groups in total. The van der Waals surface area contributed by atoms with Gasteiger partial charge in [-0.25, -0.2) is 14.4 Å². The van der Waals surface area contributed by atoms with Crippen molar-refractivity contribution in [2.24, 2.45) is 0 Å². The van der Waals surface area contributed by atoms with E-state index in [0.717, 1.165) is 81.9 Å². The molecule has 15 nitrogen and oxygen atoms in total. The Morgan fingerprint density at radius 2 is 1.19 bits per heavy atom. The topological polar surface area (TPSA) is 200 Å². The van der Waals surface area contributed by atoms with Crippen molar-refractivity contribution in [2.75, 3.05) is 57.0 Å². The largest absolute Gasteiger partial charge is 1.00 e. The summed E-state index contributed by atoms with van der Waals surface area (Å²) < 4.78 is 5.79. The average Bonchev–Trinajstić information content (AvgIpc) is 2.97. The number of anilines is 2. The lowest BCUT2D eigenvalue weighted by atomic mass is 10.1. The summed E-state index contributed by atoms with van der Waals surface area (Å²) in [6.07, 6.45) is 10.0. The summed E-state index contributed by atoms with van der Waals surface area (Å²) in [5, 5.41) is 10.8. The molecule has 0 aliphatic heterocycles. The van der Waals surface area contributed by atoms with Crippen molar-refractivity contribution in [3.63, 3.8) is 0 Å². The molecule has 262 valence electrons. The highest BCUT2D eigenvalue weighted by Gasteiger charge is 2.21. The van der Waals surface area contributed by atoms with Crippen molar-refractivity contribution in [1.82, 2.24) is 30.6 Å². The van der Waals surface area contributed by atoms with Gasteiger partial charge in [0.2, 0.25) is 11.9 Å². The van der Waals surface area contributed by atoms with Gasteiger partial charge in [0.05, 0.1) is 33.3 Å². The Labute approximate surface area is 281 Å². The first-order valence-corrected chi connectivity index (χ1v) is 15.9. The number of carbonyl (C=O) groups excluding carboxylic acids is 3. The van der Waals surface area contributed by atoms with Gasteiger partial charge in [-0.2, -0.15) is 9.97 Å². The molecule has 2 heterocycles. The fourth-order valence-electron chi connectivity index (χ4n) is 4.95. The SMILES string of the molecule is C=CC(=O)OCCCCCCCCC[N+](C)(CCCNC(=O)Nc1nc(=O)cc(C)[nH]1)CCCNC(=O)Nc1nc(=O)cc(C)[nH]1.[Cl-]. The van der Waals surface area contributed by atoms with Gasteiger partial charge in [0.1, 0.15) is 0 Å². The second-order valence-corrected chi connectivity index (χ2v) is 11.6. The Kier molecular flexibility index (Phi) is 19.4. The number of unbranched alkanes of at least 4 members (excludes halogenated alkanes) is 6. The lowest BCUT2D eigenvalue weighted by molar-refractivity contribution is -0.910. The maximum Gasteiger partial charge on any atom is 0.330 e. The third kappa shape index (κ3) is 18.5. The fourth-order valence-corrected chi connectivity index (χ4v) is 4.95. The first-order chi connectivity index (χ1) is 22.0. The maximum atomic E-state index is 12.3.